The molecule has 0 fully saturated rings. The lowest BCUT2D eigenvalue weighted by Crippen LogP contribution is -2.12. The minimum absolute atomic E-state index is 0.801. The fraction of sp³-hybridized carbons (Fsp3) is 0.400. The minimum atomic E-state index is 0.801. The van der Waals surface area contributed by atoms with Crippen LogP contribution < -0.4 is 5.32 Å². The highest BCUT2D eigenvalue weighted by molar-refractivity contribution is 6.31. The van der Waals surface area contributed by atoms with E-state index in [2.05, 4.69) is 40.8 Å². The number of hydrogen-bond acceptors (Lipinski definition) is 2. The Morgan fingerprint density at radius 3 is 2.84 bits per heavy atom. The maximum Gasteiger partial charge on any atom is 0.113 e. The first-order chi connectivity index (χ1) is 9.26. The zero-order valence-corrected chi connectivity index (χ0v) is 12.2. The molecule has 4 heteroatoms. The Kier molecular flexibility index (Phi) is 5.00. The SMILES string of the molecule is CCCc1nccn1-c1ccc(CNCC)c(Cl)c1. The summed E-state index contributed by atoms with van der Waals surface area (Å²) in [7, 11) is 0. The predicted molar refractivity (Wildman–Crippen MR) is 79.9 cm³/mol. The normalized spacial score (nSPS) is 10.9. The summed E-state index contributed by atoms with van der Waals surface area (Å²) >= 11 is 6.34. The number of nitrogens with zero attached hydrogens (tertiary/aromatic N) is 2. The van der Waals surface area contributed by atoms with Crippen LogP contribution in [0, 0.1) is 0 Å². The third kappa shape index (κ3) is 3.37. The van der Waals surface area contributed by atoms with Gasteiger partial charge < -0.3 is 9.88 Å². The van der Waals surface area contributed by atoms with Gasteiger partial charge in [0.1, 0.15) is 5.82 Å². The summed E-state index contributed by atoms with van der Waals surface area (Å²) < 4.78 is 2.10. The maximum atomic E-state index is 6.34. The van der Waals surface area contributed by atoms with Crippen molar-refractivity contribution < 1.29 is 0 Å². The average molecular weight is 278 g/mol. The summed E-state index contributed by atoms with van der Waals surface area (Å²) in [5.41, 5.74) is 2.20. The number of nitrogens with one attached hydrogen (secondary N) is 1. The van der Waals surface area contributed by atoms with E-state index in [0.717, 1.165) is 48.0 Å². The van der Waals surface area contributed by atoms with Crippen LogP contribution in [-0.2, 0) is 13.0 Å². The molecule has 0 radical (unpaired) electrons. The predicted octanol–water partition coefficient (Wildman–Crippen LogP) is 3.59. The number of benzene rings is 1. The van der Waals surface area contributed by atoms with Crippen molar-refractivity contribution in [3.8, 4) is 5.69 Å². The number of halogens is 1. The van der Waals surface area contributed by atoms with Crippen molar-refractivity contribution in [1.29, 1.82) is 0 Å². The molecule has 0 atom stereocenters. The Morgan fingerprint density at radius 2 is 2.16 bits per heavy atom. The number of imidazole rings is 1. The van der Waals surface area contributed by atoms with Gasteiger partial charge in [-0.2, -0.15) is 0 Å². The second-order valence-corrected chi connectivity index (χ2v) is 4.93. The summed E-state index contributed by atoms with van der Waals surface area (Å²) in [5.74, 6) is 1.08. The monoisotopic (exact) mass is 277 g/mol. The fourth-order valence-electron chi connectivity index (χ4n) is 2.07. The Balaban J connectivity index is 2.25. The molecule has 102 valence electrons. The first-order valence-corrected chi connectivity index (χ1v) is 7.15. The van der Waals surface area contributed by atoms with Gasteiger partial charge in [-0.1, -0.05) is 31.5 Å². The molecule has 0 spiro atoms. The van der Waals surface area contributed by atoms with Crippen molar-refractivity contribution in [2.24, 2.45) is 0 Å². The van der Waals surface area contributed by atoms with Gasteiger partial charge in [0, 0.05) is 36.1 Å². The van der Waals surface area contributed by atoms with Crippen LogP contribution >= 0.6 is 11.6 Å². The van der Waals surface area contributed by atoms with Crippen LogP contribution in [0.4, 0.5) is 0 Å². The third-order valence-corrected chi connectivity index (χ3v) is 3.42. The molecule has 1 aromatic heterocycles. The number of aromatic nitrogens is 2. The lowest BCUT2D eigenvalue weighted by atomic mass is 10.2. The molecule has 1 aromatic carbocycles. The molecule has 0 saturated carbocycles. The smallest absolute Gasteiger partial charge is 0.113 e. The van der Waals surface area contributed by atoms with Crippen LogP contribution in [0.2, 0.25) is 5.02 Å². The average Bonchev–Trinajstić information content (AvgIpc) is 2.86. The van der Waals surface area contributed by atoms with Crippen LogP contribution in [0.15, 0.2) is 30.6 Å². The van der Waals surface area contributed by atoms with Crippen LogP contribution in [-0.4, -0.2) is 16.1 Å². The van der Waals surface area contributed by atoms with Crippen molar-refractivity contribution in [3.05, 3.63) is 47.0 Å². The Labute approximate surface area is 119 Å². The van der Waals surface area contributed by atoms with Crippen molar-refractivity contribution in [2.45, 2.75) is 33.2 Å². The fourth-order valence-corrected chi connectivity index (χ4v) is 2.31. The third-order valence-electron chi connectivity index (χ3n) is 3.07. The molecule has 3 nitrogen and oxygen atoms in total. The molecule has 0 aliphatic heterocycles. The van der Waals surface area contributed by atoms with Gasteiger partial charge >= 0.3 is 0 Å². The molecule has 0 bridgehead atoms. The van der Waals surface area contributed by atoms with E-state index in [1.54, 1.807) is 0 Å². The number of hydrogen-bond donors (Lipinski definition) is 1. The quantitative estimate of drug-likeness (QED) is 0.874. The highest BCUT2D eigenvalue weighted by Crippen LogP contribution is 2.21. The molecule has 0 aliphatic rings. The first-order valence-electron chi connectivity index (χ1n) is 6.78. The van der Waals surface area contributed by atoms with Gasteiger partial charge in [-0.05, 0) is 30.7 Å². The minimum Gasteiger partial charge on any atom is -0.313 e. The van der Waals surface area contributed by atoms with Gasteiger partial charge in [0.15, 0.2) is 0 Å². The maximum absolute atomic E-state index is 6.34. The standard InChI is InChI=1S/C15H20ClN3/c1-3-5-15-18-8-9-19(15)13-7-6-12(11-17-4-2)14(16)10-13/h6-10,17H,3-5,11H2,1-2H3. The summed E-state index contributed by atoms with van der Waals surface area (Å²) in [6.07, 6.45) is 5.89. The van der Waals surface area contributed by atoms with E-state index in [0.29, 0.717) is 0 Å². The zero-order chi connectivity index (χ0) is 13.7. The molecular weight excluding hydrogens is 258 g/mol. The molecule has 0 aliphatic carbocycles. The van der Waals surface area contributed by atoms with Gasteiger partial charge in [-0.25, -0.2) is 4.98 Å². The van der Waals surface area contributed by atoms with Crippen molar-refractivity contribution in [1.82, 2.24) is 14.9 Å². The summed E-state index contributed by atoms with van der Waals surface area (Å²) in [4.78, 5) is 4.39. The Hall–Kier alpha value is -1.32. The summed E-state index contributed by atoms with van der Waals surface area (Å²) in [6, 6.07) is 6.19. The second kappa shape index (κ2) is 6.73. The van der Waals surface area contributed by atoms with Gasteiger partial charge in [-0.15, -0.1) is 0 Å². The topological polar surface area (TPSA) is 29.9 Å². The van der Waals surface area contributed by atoms with Crippen LogP contribution in [0.25, 0.3) is 5.69 Å². The first kappa shape index (κ1) is 14.1. The van der Waals surface area contributed by atoms with E-state index >= 15 is 0 Å². The lowest BCUT2D eigenvalue weighted by molar-refractivity contribution is 0.726. The van der Waals surface area contributed by atoms with E-state index in [9.17, 15) is 0 Å². The van der Waals surface area contributed by atoms with Crippen LogP contribution in [0.1, 0.15) is 31.7 Å². The van der Waals surface area contributed by atoms with Gasteiger partial charge in [0.05, 0.1) is 0 Å². The Morgan fingerprint density at radius 1 is 1.32 bits per heavy atom. The zero-order valence-electron chi connectivity index (χ0n) is 11.5. The summed E-state index contributed by atoms with van der Waals surface area (Å²) in [6.45, 7) is 6.00. The molecule has 0 unspecified atom stereocenters. The Bertz CT molecular complexity index is 534. The molecule has 2 rings (SSSR count). The number of rotatable bonds is 6. The van der Waals surface area contributed by atoms with Gasteiger partial charge in [0.25, 0.3) is 0 Å². The molecule has 19 heavy (non-hydrogen) atoms. The molecule has 1 N–H and O–H groups in total. The van der Waals surface area contributed by atoms with E-state index in [1.165, 1.54) is 0 Å². The van der Waals surface area contributed by atoms with Crippen LogP contribution in [0.3, 0.4) is 0 Å². The molecule has 2 aromatic rings. The molecule has 1 heterocycles. The molecule has 0 amide bonds. The second-order valence-electron chi connectivity index (χ2n) is 4.52. The van der Waals surface area contributed by atoms with E-state index < -0.39 is 0 Å². The van der Waals surface area contributed by atoms with Gasteiger partial charge in [-0.3, -0.25) is 0 Å². The van der Waals surface area contributed by atoms with Gasteiger partial charge in [0.2, 0.25) is 0 Å². The van der Waals surface area contributed by atoms with Crippen LogP contribution in [0.5, 0.6) is 0 Å². The van der Waals surface area contributed by atoms with Crippen molar-refractivity contribution in [2.75, 3.05) is 6.54 Å². The van der Waals surface area contributed by atoms with Crippen molar-refractivity contribution in [3.63, 3.8) is 0 Å². The number of aryl methyl sites for hydroxylation is 1. The van der Waals surface area contributed by atoms with E-state index in [-0.39, 0.29) is 0 Å². The van der Waals surface area contributed by atoms with Crippen molar-refractivity contribution >= 4 is 11.6 Å². The van der Waals surface area contributed by atoms with E-state index in [1.807, 2.05) is 18.5 Å². The highest BCUT2D eigenvalue weighted by Gasteiger charge is 2.06. The highest BCUT2D eigenvalue weighted by atomic mass is 35.5. The summed E-state index contributed by atoms with van der Waals surface area (Å²) in [5, 5.41) is 4.09. The molecule has 0 saturated heterocycles. The molecular formula is C15H20ClN3. The van der Waals surface area contributed by atoms with E-state index in [4.69, 9.17) is 11.6 Å². The largest absolute Gasteiger partial charge is 0.313 e. The lowest BCUT2D eigenvalue weighted by Gasteiger charge is -2.10.